The van der Waals surface area contributed by atoms with Gasteiger partial charge in [0.05, 0.1) is 12.1 Å². The van der Waals surface area contributed by atoms with Gasteiger partial charge in [-0.1, -0.05) is 24.3 Å². The van der Waals surface area contributed by atoms with Gasteiger partial charge in [-0.3, -0.25) is 9.20 Å². The lowest BCUT2D eigenvalue weighted by molar-refractivity contribution is 0.0694. The van der Waals surface area contributed by atoms with Crippen molar-refractivity contribution in [3.05, 3.63) is 81.1 Å². The highest BCUT2D eigenvalue weighted by atomic mass is 16.4. The monoisotopic (exact) mass is 344 g/mol. The maximum Gasteiger partial charge on any atom is 0.341 e. The second-order valence-corrected chi connectivity index (χ2v) is 6.63. The van der Waals surface area contributed by atoms with Gasteiger partial charge in [0.2, 0.25) is 0 Å². The third-order valence-electron chi connectivity index (χ3n) is 4.97. The predicted molar refractivity (Wildman–Crippen MR) is 99.0 cm³/mol. The van der Waals surface area contributed by atoms with Crippen molar-refractivity contribution in [1.82, 2.24) is 4.40 Å². The highest BCUT2D eigenvalue weighted by Crippen LogP contribution is 2.43. The number of aromatic carboxylic acids is 1. The van der Waals surface area contributed by atoms with Gasteiger partial charge in [0.15, 0.2) is 5.69 Å². The van der Waals surface area contributed by atoms with Crippen molar-refractivity contribution in [2.24, 2.45) is 0 Å². The predicted octanol–water partition coefficient (Wildman–Crippen LogP) is 4.40. The summed E-state index contributed by atoms with van der Waals surface area (Å²) in [5, 5.41) is 9.37. The van der Waals surface area contributed by atoms with Gasteiger partial charge < -0.3 is 5.11 Å². The minimum absolute atomic E-state index is 0.182. The van der Waals surface area contributed by atoms with E-state index in [0.717, 1.165) is 40.6 Å². The lowest BCUT2D eigenvalue weighted by Crippen LogP contribution is -2.23. The van der Waals surface area contributed by atoms with Crippen molar-refractivity contribution >= 4 is 17.2 Å². The number of rotatable bonds is 3. The molecule has 3 aromatic rings. The number of hydrogen-bond donors (Lipinski definition) is 1. The molecule has 0 atom stereocenters. The van der Waals surface area contributed by atoms with E-state index in [4.69, 9.17) is 6.57 Å². The number of benzene rings is 1. The number of hydrogen-bond acceptors (Lipinski definition) is 2. The maximum absolute atomic E-state index is 12.6. The minimum Gasteiger partial charge on any atom is -0.477 e. The van der Waals surface area contributed by atoms with Crippen LogP contribution in [0, 0.1) is 13.5 Å². The average Bonchev–Trinajstić information content (AvgIpc) is 3.47. The first-order valence-electron chi connectivity index (χ1n) is 8.41. The molecule has 1 aromatic carbocycles. The molecule has 0 unspecified atom stereocenters. The van der Waals surface area contributed by atoms with Crippen LogP contribution in [0.2, 0.25) is 0 Å². The van der Waals surface area contributed by atoms with Crippen LogP contribution in [0.15, 0.2) is 47.4 Å². The summed E-state index contributed by atoms with van der Waals surface area (Å²) < 4.78 is 1.46. The van der Waals surface area contributed by atoms with Gasteiger partial charge in [0.25, 0.3) is 5.56 Å². The minimum atomic E-state index is -1.19. The van der Waals surface area contributed by atoms with Crippen molar-refractivity contribution in [3.8, 4) is 11.1 Å². The van der Waals surface area contributed by atoms with Crippen molar-refractivity contribution in [2.75, 3.05) is 0 Å². The number of carboxylic acids is 1. The van der Waals surface area contributed by atoms with Gasteiger partial charge in [0.1, 0.15) is 5.56 Å². The molecule has 2 aromatic heterocycles. The summed E-state index contributed by atoms with van der Waals surface area (Å²) in [5.74, 6) is -0.884. The van der Waals surface area contributed by atoms with Crippen molar-refractivity contribution < 1.29 is 9.90 Å². The smallest absolute Gasteiger partial charge is 0.341 e. The van der Waals surface area contributed by atoms with Crippen molar-refractivity contribution in [3.63, 3.8) is 0 Å². The van der Waals surface area contributed by atoms with Crippen molar-refractivity contribution in [2.45, 2.75) is 25.7 Å². The largest absolute Gasteiger partial charge is 0.477 e. The molecule has 0 radical (unpaired) electrons. The highest BCUT2D eigenvalue weighted by Gasteiger charge is 2.29. The Kier molecular flexibility index (Phi) is 3.62. The first kappa shape index (κ1) is 16.1. The molecule has 128 valence electrons. The van der Waals surface area contributed by atoms with Crippen LogP contribution in [0.5, 0.6) is 0 Å². The van der Waals surface area contributed by atoms with E-state index in [2.05, 4.69) is 4.85 Å². The third kappa shape index (κ3) is 2.47. The molecule has 5 heteroatoms. The SMILES string of the molecule is [C-]#[N+]c1ccc(-c2ccn3c(=O)c(C(=O)O)cc(C4CC4)c3c2C)cc1. The molecule has 2 heterocycles. The zero-order valence-corrected chi connectivity index (χ0v) is 14.2. The van der Waals surface area contributed by atoms with Gasteiger partial charge in [-0.2, -0.15) is 0 Å². The molecule has 0 amide bonds. The highest BCUT2D eigenvalue weighted by molar-refractivity contribution is 5.89. The summed E-state index contributed by atoms with van der Waals surface area (Å²) in [6.45, 7) is 9.03. The summed E-state index contributed by atoms with van der Waals surface area (Å²) in [4.78, 5) is 27.5. The Hall–Kier alpha value is -3.39. The molecule has 1 aliphatic rings. The molecule has 4 rings (SSSR count). The van der Waals surface area contributed by atoms with Crippen LogP contribution >= 0.6 is 0 Å². The lowest BCUT2D eigenvalue weighted by Gasteiger charge is -2.15. The van der Waals surface area contributed by atoms with Crippen LogP contribution in [0.3, 0.4) is 0 Å². The van der Waals surface area contributed by atoms with Crippen LogP contribution in [0.25, 0.3) is 21.5 Å². The van der Waals surface area contributed by atoms with Crippen LogP contribution < -0.4 is 5.56 Å². The van der Waals surface area contributed by atoms with E-state index in [9.17, 15) is 14.7 Å². The lowest BCUT2D eigenvalue weighted by atomic mass is 9.96. The van der Waals surface area contributed by atoms with E-state index in [1.807, 2.05) is 25.1 Å². The normalized spacial score (nSPS) is 13.5. The van der Waals surface area contributed by atoms with Crippen LogP contribution in [-0.4, -0.2) is 15.5 Å². The number of carboxylic acid groups (broad SMARTS) is 1. The molecular formula is C21H16N2O3. The maximum atomic E-state index is 12.6. The molecule has 0 spiro atoms. The first-order valence-corrected chi connectivity index (χ1v) is 8.41. The Morgan fingerprint density at radius 1 is 1.23 bits per heavy atom. The zero-order chi connectivity index (χ0) is 18.4. The van der Waals surface area contributed by atoms with Gasteiger partial charge in [0, 0.05) is 6.20 Å². The fraction of sp³-hybridized carbons (Fsp3) is 0.190. The molecule has 5 nitrogen and oxygen atoms in total. The van der Waals surface area contributed by atoms with E-state index >= 15 is 0 Å². The Bertz CT molecular complexity index is 1150. The number of nitrogens with zero attached hydrogens (tertiary/aromatic N) is 2. The summed E-state index contributed by atoms with van der Waals surface area (Å²) >= 11 is 0. The molecule has 26 heavy (non-hydrogen) atoms. The topological polar surface area (TPSA) is 63.1 Å². The summed E-state index contributed by atoms with van der Waals surface area (Å²) in [6, 6.07) is 10.7. The van der Waals surface area contributed by atoms with Crippen molar-refractivity contribution in [1.29, 1.82) is 0 Å². The van der Waals surface area contributed by atoms with Gasteiger partial charge in [-0.25, -0.2) is 9.64 Å². The molecule has 1 aliphatic carbocycles. The van der Waals surface area contributed by atoms with Crippen LogP contribution in [0.1, 0.15) is 40.2 Å². The molecule has 0 aliphatic heterocycles. The first-order chi connectivity index (χ1) is 12.5. The molecule has 1 N–H and O–H groups in total. The second-order valence-electron chi connectivity index (χ2n) is 6.63. The Labute approximate surface area is 150 Å². The number of aromatic nitrogens is 1. The summed E-state index contributed by atoms with van der Waals surface area (Å²) in [6.07, 6.45) is 3.67. The summed E-state index contributed by atoms with van der Waals surface area (Å²) in [5.41, 5.74) is 4.51. The van der Waals surface area contributed by atoms with Gasteiger partial charge in [-0.05, 0) is 60.1 Å². The Morgan fingerprint density at radius 3 is 2.50 bits per heavy atom. The van der Waals surface area contributed by atoms with E-state index in [1.54, 1.807) is 24.4 Å². The Balaban J connectivity index is 2.01. The zero-order valence-electron chi connectivity index (χ0n) is 14.2. The van der Waals surface area contributed by atoms with E-state index < -0.39 is 11.5 Å². The molecule has 0 saturated heterocycles. The summed E-state index contributed by atoms with van der Waals surface area (Å²) in [7, 11) is 0. The average molecular weight is 344 g/mol. The quantitative estimate of drug-likeness (QED) is 0.716. The number of pyridine rings is 2. The van der Waals surface area contributed by atoms with Crippen LogP contribution in [-0.2, 0) is 0 Å². The second kappa shape index (κ2) is 5.85. The van der Waals surface area contributed by atoms with E-state index in [1.165, 1.54) is 4.40 Å². The van der Waals surface area contributed by atoms with Gasteiger partial charge >= 0.3 is 5.97 Å². The fourth-order valence-electron chi connectivity index (χ4n) is 3.48. The standard InChI is InChI=1S/C21H16N2O3/c1-12-16(13-5-7-15(22-2)8-6-13)9-10-23-19(12)17(14-3-4-14)11-18(20(23)24)21(25)26/h5-11,14H,3-4H2,1H3,(H,25,26). The van der Waals surface area contributed by atoms with E-state index in [-0.39, 0.29) is 5.56 Å². The molecule has 1 saturated carbocycles. The van der Waals surface area contributed by atoms with Gasteiger partial charge in [-0.15, -0.1) is 0 Å². The van der Waals surface area contributed by atoms with Crippen LogP contribution in [0.4, 0.5) is 5.69 Å². The molecule has 0 bridgehead atoms. The third-order valence-corrected chi connectivity index (χ3v) is 4.97. The molecular weight excluding hydrogens is 328 g/mol. The number of aryl methyl sites for hydroxylation is 1. The number of carbonyl (C=O) groups is 1. The fourth-order valence-corrected chi connectivity index (χ4v) is 3.48. The Morgan fingerprint density at radius 2 is 1.92 bits per heavy atom. The number of fused-ring (bicyclic) bond motifs is 1. The molecule has 1 fully saturated rings. The van der Waals surface area contributed by atoms with E-state index in [0.29, 0.717) is 11.6 Å².